The van der Waals surface area contributed by atoms with Crippen LogP contribution in [0.2, 0.25) is 0 Å². The summed E-state index contributed by atoms with van der Waals surface area (Å²) in [6.07, 6.45) is 0. The van der Waals surface area contributed by atoms with Gasteiger partial charge in [-0.25, -0.2) is 0 Å². The van der Waals surface area contributed by atoms with Crippen LogP contribution < -0.4 is 0 Å². The molecule has 0 fully saturated rings. The molecule has 0 aromatic carbocycles. The molecule has 0 saturated heterocycles. The molecule has 12 heavy (non-hydrogen) atoms. The average molecular weight is 327 g/mol. The summed E-state index contributed by atoms with van der Waals surface area (Å²) in [5, 5.41) is 0. The van der Waals surface area contributed by atoms with E-state index in [4.69, 9.17) is 9.20 Å². The summed E-state index contributed by atoms with van der Waals surface area (Å²) < 4.78 is 16.0. The molecule has 0 spiro atoms. The minimum atomic E-state index is -3.29. The molecule has 0 rings (SSSR count). The highest BCUT2D eigenvalue weighted by atomic mass is 127. The van der Waals surface area contributed by atoms with Crippen LogP contribution in [0.15, 0.2) is 0 Å². The monoisotopic (exact) mass is 327 g/mol. The van der Waals surface area contributed by atoms with E-state index < -0.39 is 15.1 Å². The van der Waals surface area contributed by atoms with Crippen molar-refractivity contribution in [1.29, 1.82) is 0 Å². The zero-order valence-electron chi connectivity index (χ0n) is 8.14. The van der Waals surface area contributed by atoms with E-state index in [1.807, 2.05) is 27.2 Å². The predicted molar refractivity (Wildman–Crippen MR) is 66.2 cm³/mol. The van der Waals surface area contributed by atoms with Gasteiger partial charge in [0.25, 0.3) is 0 Å². The molecule has 0 aliphatic rings. The molecule has 76 valence electrons. The van der Waals surface area contributed by atoms with Crippen LogP contribution in [0.1, 0.15) is 13.8 Å². The van der Waals surface area contributed by atoms with E-state index in [1.54, 1.807) is 0 Å². The van der Waals surface area contributed by atoms with Crippen LogP contribution in [0.3, 0.4) is 0 Å². The van der Waals surface area contributed by atoms with Crippen molar-refractivity contribution in [2.75, 3.05) is 20.0 Å². The van der Waals surface area contributed by atoms with Crippen molar-refractivity contribution in [1.82, 2.24) is 0 Å². The normalized spacial score (nSPS) is 16.9. The molecule has 0 amide bonds. The van der Waals surface area contributed by atoms with Crippen molar-refractivity contribution in [3.8, 4) is 0 Å². The van der Waals surface area contributed by atoms with E-state index in [0.717, 1.165) is 0 Å². The van der Waals surface area contributed by atoms with Crippen molar-refractivity contribution in [3.63, 3.8) is 0 Å². The molecule has 3 nitrogen and oxygen atoms in total. The van der Waals surface area contributed by atoms with Crippen LogP contribution in [0, 0.1) is 0 Å². The first-order valence-electron chi connectivity index (χ1n) is 3.50. The summed E-state index contributed by atoms with van der Waals surface area (Å²) in [6.45, 7) is 9.08. The lowest BCUT2D eigenvalue weighted by atomic mass is 10.6. The second kappa shape index (κ2) is 5.26. The zero-order chi connectivity index (χ0) is 9.28. The van der Waals surface area contributed by atoms with Gasteiger partial charge in [0.1, 0.15) is 0 Å². The number of hydrogen-bond donors (Lipinski definition) is 1. The van der Waals surface area contributed by atoms with E-state index in [0.29, 0.717) is 5.66 Å². The minimum Gasteiger partial charge on any atom is -0.322 e. The third-order valence-electron chi connectivity index (χ3n) is 1.61. The van der Waals surface area contributed by atoms with E-state index in [1.165, 1.54) is 6.66 Å². The van der Waals surface area contributed by atoms with Crippen molar-refractivity contribution < 1.29 is 13.8 Å². The van der Waals surface area contributed by atoms with E-state index >= 15 is 0 Å². The van der Waals surface area contributed by atoms with Crippen molar-refractivity contribution in [2.24, 2.45) is 0 Å². The Morgan fingerprint density at radius 3 is 1.83 bits per heavy atom. The van der Waals surface area contributed by atoms with Gasteiger partial charge in [0, 0.05) is 6.66 Å². The second-order valence-electron chi connectivity index (χ2n) is 3.41. The summed E-state index contributed by atoms with van der Waals surface area (Å²) in [5.41, 5.74) is 0.336. The highest BCUT2D eigenvalue weighted by Gasteiger charge is 2.37. The average Bonchev–Trinajstić information content (AvgIpc) is 1.56. The second-order valence-corrected chi connectivity index (χ2v) is 9.57. The van der Waals surface area contributed by atoms with Gasteiger partial charge in [0.15, 0.2) is 7.49 Å². The lowest BCUT2D eigenvalue weighted by Crippen LogP contribution is -2.05. The summed E-state index contributed by atoms with van der Waals surface area (Å²) in [7, 11) is -4.94. The summed E-state index contributed by atoms with van der Waals surface area (Å²) in [5.74, 6) is 0. The molecule has 0 aromatic rings. The number of rotatable bonds is 3. The smallest absolute Gasteiger partial charge is 0.322 e. The van der Waals surface area contributed by atoms with Gasteiger partial charge in [0.2, 0.25) is 0 Å². The lowest BCUT2D eigenvalue weighted by Gasteiger charge is -2.21. The van der Waals surface area contributed by atoms with E-state index in [9.17, 15) is 4.57 Å². The fraction of sp³-hybridized carbons (Fsp3) is 1.00. The zero-order valence-corrected chi connectivity index (χ0v) is 12.3. The van der Waals surface area contributed by atoms with Gasteiger partial charge < -0.3 is 4.89 Å². The molecule has 0 radical (unpaired) electrons. The molecule has 1 unspecified atom stereocenters. The Morgan fingerprint density at radius 1 is 1.42 bits per heavy atom. The third-order valence-corrected chi connectivity index (χ3v) is 6.99. The fourth-order valence-corrected chi connectivity index (χ4v) is 4.36. The molecule has 0 heterocycles. The van der Waals surface area contributed by atoms with Gasteiger partial charge in [-0.3, -0.25) is 4.57 Å². The number of halogens is 1. The highest BCUT2D eigenvalue weighted by Crippen LogP contribution is 2.66. The Hall–Kier alpha value is 1.31. The fourth-order valence-electron chi connectivity index (χ4n) is 0.485. The third kappa shape index (κ3) is 6.79. The Morgan fingerprint density at radius 2 is 1.75 bits per heavy atom. The molecule has 1 atom stereocenters. The maximum Gasteiger partial charge on any atom is 0.358 e. The van der Waals surface area contributed by atoms with Crippen LogP contribution in [-0.4, -0.2) is 30.5 Å². The van der Waals surface area contributed by atoms with Crippen LogP contribution in [-0.2, 0) is 8.88 Å². The first kappa shape index (κ1) is 15.8. The maximum atomic E-state index is 10.9. The standard InChI is InChI=1S/C6H16O3P2.HI/c1-6(2)10(3,4)9-11(5,7)8;/h6H,1-5H3;1H/p+1. The Balaban J connectivity index is 0. The summed E-state index contributed by atoms with van der Waals surface area (Å²) in [6, 6.07) is 0. The van der Waals surface area contributed by atoms with Crippen LogP contribution in [0.25, 0.3) is 0 Å². The van der Waals surface area contributed by atoms with Gasteiger partial charge in [-0.05, 0) is 13.8 Å². The molecule has 6 heteroatoms. The van der Waals surface area contributed by atoms with Gasteiger partial charge in [0.05, 0.1) is 19.0 Å². The predicted octanol–water partition coefficient (Wildman–Crippen LogP) is 3.04. The Bertz CT molecular complexity index is 176. The van der Waals surface area contributed by atoms with Crippen molar-refractivity contribution in [3.05, 3.63) is 0 Å². The molecule has 1 N–H and O–H groups in total. The molecule has 0 bridgehead atoms. The lowest BCUT2D eigenvalue weighted by molar-refractivity contribution is 0.398. The summed E-state index contributed by atoms with van der Waals surface area (Å²) in [4.78, 5) is 8.96. The first-order chi connectivity index (χ1) is 4.65. The molecule has 0 aliphatic carbocycles. The molecule has 0 aliphatic heterocycles. The molecular formula is C6H18IO3P2+. The molecular weight excluding hydrogens is 309 g/mol. The van der Waals surface area contributed by atoms with Gasteiger partial charge in [-0.15, -0.1) is 24.0 Å². The van der Waals surface area contributed by atoms with E-state index in [-0.39, 0.29) is 24.0 Å². The van der Waals surface area contributed by atoms with Crippen LogP contribution in [0.4, 0.5) is 0 Å². The van der Waals surface area contributed by atoms with Crippen molar-refractivity contribution in [2.45, 2.75) is 19.5 Å². The minimum absolute atomic E-state index is 0. The quantitative estimate of drug-likeness (QED) is 0.640. The number of hydrogen-bond acceptors (Lipinski definition) is 2. The highest BCUT2D eigenvalue weighted by molar-refractivity contribution is 14.0. The Kier molecular flexibility index (Phi) is 6.91. The summed E-state index contributed by atoms with van der Waals surface area (Å²) >= 11 is 0. The molecule has 0 aromatic heterocycles. The van der Waals surface area contributed by atoms with Gasteiger partial charge in [-0.1, -0.05) is 0 Å². The van der Waals surface area contributed by atoms with Gasteiger partial charge in [-0.2, -0.15) is 4.31 Å². The Labute approximate surface area is 92.2 Å². The van der Waals surface area contributed by atoms with Crippen LogP contribution in [0.5, 0.6) is 0 Å². The maximum absolute atomic E-state index is 10.9. The molecule has 0 saturated carbocycles. The van der Waals surface area contributed by atoms with E-state index in [2.05, 4.69) is 0 Å². The topological polar surface area (TPSA) is 46.5 Å². The largest absolute Gasteiger partial charge is 0.358 e. The van der Waals surface area contributed by atoms with Crippen LogP contribution >= 0.6 is 39.1 Å². The van der Waals surface area contributed by atoms with Crippen molar-refractivity contribution >= 4 is 39.1 Å². The first-order valence-corrected chi connectivity index (χ1v) is 8.20. The van der Waals surface area contributed by atoms with Gasteiger partial charge >= 0.3 is 7.60 Å². The SMILES string of the molecule is CC(C)[P+](C)(C)OP(C)(=O)O.I.